The van der Waals surface area contributed by atoms with Gasteiger partial charge in [-0.3, -0.25) is 9.88 Å². The van der Waals surface area contributed by atoms with Crippen molar-refractivity contribution in [2.75, 3.05) is 46.4 Å². The lowest BCUT2D eigenvalue weighted by atomic mass is 9.92. The summed E-state index contributed by atoms with van der Waals surface area (Å²) in [5.74, 6) is 1.99. The number of β-amino-alcohol motifs (C(OH)–C–C–N with tert-alkyl or cyclic N) is 1. The third-order valence-corrected chi connectivity index (χ3v) is 5.85. The predicted molar refractivity (Wildman–Crippen MR) is 112 cm³/mol. The highest BCUT2D eigenvalue weighted by Gasteiger charge is 2.28. The lowest BCUT2D eigenvalue weighted by molar-refractivity contribution is 0.0746. The van der Waals surface area contributed by atoms with E-state index < -0.39 is 6.10 Å². The van der Waals surface area contributed by atoms with Crippen LogP contribution in [0.4, 0.5) is 0 Å². The second-order valence-electron chi connectivity index (χ2n) is 8.14. The number of benzene rings is 1. The minimum Gasteiger partial charge on any atom is -0.493 e. The van der Waals surface area contributed by atoms with E-state index in [9.17, 15) is 5.11 Å². The molecule has 6 nitrogen and oxygen atoms in total. The molecule has 0 aliphatic carbocycles. The van der Waals surface area contributed by atoms with Gasteiger partial charge in [0.1, 0.15) is 12.7 Å². The van der Waals surface area contributed by atoms with Crippen molar-refractivity contribution in [1.29, 1.82) is 0 Å². The number of pyridine rings is 1. The van der Waals surface area contributed by atoms with E-state index in [0.29, 0.717) is 18.2 Å². The maximum atomic E-state index is 10.2. The molecular formula is C23H31N3O3. The SMILES string of the molecule is COc1cc(CN2CC(c3cccnc3)C2)ccc1OCC(O)CN1CCCC1. The van der Waals surface area contributed by atoms with Gasteiger partial charge < -0.3 is 19.5 Å². The number of rotatable bonds is 9. The molecule has 0 bridgehead atoms. The second kappa shape index (κ2) is 9.57. The highest BCUT2D eigenvalue weighted by atomic mass is 16.5. The molecule has 1 atom stereocenters. The van der Waals surface area contributed by atoms with Gasteiger partial charge in [0.05, 0.1) is 7.11 Å². The molecule has 0 spiro atoms. The molecule has 4 rings (SSSR count). The quantitative estimate of drug-likeness (QED) is 0.702. The Morgan fingerprint density at radius 2 is 1.97 bits per heavy atom. The van der Waals surface area contributed by atoms with E-state index in [1.54, 1.807) is 7.11 Å². The minimum atomic E-state index is -0.483. The van der Waals surface area contributed by atoms with Crippen LogP contribution in [0.1, 0.15) is 29.9 Å². The van der Waals surface area contributed by atoms with Crippen LogP contribution < -0.4 is 9.47 Å². The summed E-state index contributed by atoms with van der Waals surface area (Å²) in [7, 11) is 1.66. The molecule has 0 amide bonds. The Bertz CT molecular complexity index is 774. The molecule has 3 heterocycles. The largest absolute Gasteiger partial charge is 0.493 e. The first-order valence-electron chi connectivity index (χ1n) is 10.5. The molecule has 0 saturated carbocycles. The Hall–Kier alpha value is -2.15. The maximum Gasteiger partial charge on any atom is 0.161 e. The first kappa shape index (κ1) is 20.1. The number of nitrogens with zero attached hydrogens (tertiary/aromatic N) is 3. The van der Waals surface area contributed by atoms with E-state index in [1.807, 2.05) is 30.6 Å². The standard InChI is InChI=1S/C23H31N3O3/c1-28-23-11-18(13-26-14-20(15-26)19-5-4-8-24-12-19)6-7-22(23)29-17-21(27)16-25-9-2-3-10-25/h4-8,11-12,20-21,27H,2-3,9-10,13-17H2,1H3. The number of hydrogen-bond donors (Lipinski definition) is 1. The van der Waals surface area contributed by atoms with Crippen molar-refractivity contribution < 1.29 is 14.6 Å². The molecule has 156 valence electrons. The molecule has 1 N–H and O–H groups in total. The van der Waals surface area contributed by atoms with Gasteiger partial charge in [0.2, 0.25) is 0 Å². The van der Waals surface area contributed by atoms with Crippen molar-refractivity contribution >= 4 is 0 Å². The van der Waals surface area contributed by atoms with Gasteiger partial charge in [-0.25, -0.2) is 0 Å². The van der Waals surface area contributed by atoms with Crippen molar-refractivity contribution in [1.82, 2.24) is 14.8 Å². The Labute approximate surface area is 173 Å². The van der Waals surface area contributed by atoms with E-state index in [1.165, 1.54) is 24.0 Å². The van der Waals surface area contributed by atoms with Crippen molar-refractivity contribution in [3.05, 3.63) is 53.9 Å². The fourth-order valence-electron chi connectivity index (χ4n) is 4.22. The fraction of sp³-hybridized carbons (Fsp3) is 0.522. The Morgan fingerprint density at radius 3 is 2.69 bits per heavy atom. The molecule has 1 unspecified atom stereocenters. The molecule has 1 aromatic carbocycles. The summed E-state index contributed by atoms with van der Waals surface area (Å²) >= 11 is 0. The second-order valence-corrected chi connectivity index (χ2v) is 8.14. The third-order valence-electron chi connectivity index (χ3n) is 5.85. The van der Waals surface area contributed by atoms with Crippen LogP contribution in [-0.4, -0.2) is 72.4 Å². The summed E-state index contributed by atoms with van der Waals surface area (Å²) in [5.41, 5.74) is 2.52. The predicted octanol–water partition coefficient (Wildman–Crippen LogP) is 2.53. The fourth-order valence-corrected chi connectivity index (χ4v) is 4.22. The molecule has 29 heavy (non-hydrogen) atoms. The molecular weight excluding hydrogens is 366 g/mol. The topological polar surface area (TPSA) is 58.1 Å². The van der Waals surface area contributed by atoms with Crippen molar-refractivity contribution in [2.45, 2.75) is 31.4 Å². The van der Waals surface area contributed by atoms with Gasteiger partial charge in [-0.1, -0.05) is 12.1 Å². The zero-order valence-corrected chi connectivity index (χ0v) is 17.2. The normalized spacial score (nSPS) is 19.1. The highest BCUT2D eigenvalue weighted by molar-refractivity contribution is 5.43. The monoisotopic (exact) mass is 397 g/mol. The zero-order chi connectivity index (χ0) is 20.1. The summed E-state index contributed by atoms with van der Waals surface area (Å²) < 4.78 is 11.4. The number of hydrogen-bond acceptors (Lipinski definition) is 6. The summed E-state index contributed by atoms with van der Waals surface area (Å²) in [5, 5.41) is 10.2. The Morgan fingerprint density at radius 1 is 1.14 bits per heavy atom. The molecule has 0 radical (unpaired) electrons. The van der Waals surface area contributed by atoms with Gasteiger partial charge in [0.25, 0.3) is 0 Å². The Balaban J connectivity index is 1.27. The van der Waals surface area contributed by atoms with Crippen LogP contribution in [0.15, 0.2) is 42.7 Å². The van der Waals surface area contributed by atoms with E-state index in [-0.39, 0.29) is 6.61 Å². The molecule has 1 aromatic heterocycles. The summed E-state index contributed by atoms with van der Waals surface area (Å²) in [6.07, 6.45) is 5.76. The van der Waals surface area contributed by atoms with Gasteiger partial charge in [0, 0.05) is 44.5 Å². The van der Waals surface area contributed by atoms with Crippen molar-refractivity contribution in [3.8, 4) is 11.5 Å². The van der Waals surface area contributed by atoms with E-state index >= 15 is 0 Å². The smallest absolute Gasteiger partial charge is 0.161 e. The number of ether oxygens (including phenoxy) is 2. The van der Waals surface area contributed by atoms with Gasteiger partial charge in [-0.05, 0) is 55.3 Å². The summed E-state index contributed by atoms with van der Waals surface area (Å²) in [4.78, 5) is 8.93. The van der Waals surface area contributed by atoms with Gasteiger partial charge in [-0.15, -0.1) is 0 Å². The van der Waals surface area contributed by atoms with E-state index in [2.05, 4.69) is 26.9 Å². The van der Waals surface area contributed by atoms with Crippen molar-refractivity contribution in [2.24, 2.45) is 0 Å². The maximum absolute atomic E-state index is 10.2. The van der Waals surface area contributed by atoms with Crippen LogP contribution in [0.5, 0.6) is 11.5 Å². The van der Waals surface area contributed by atoms with Crippen LogP contribution in [0.2, 0.25) is 0 Å². The van der Waals surface area contributed by atoms with Gasteiger partial charge in [-0.2, -0.15) is 0 Å². The lowest BCUT2D eigenvalue weighted by Crippen LogP contribution is -2.44. The molecule has 2 aliphatic rings. The average molecular weight is 398 g/mol. The summed E-state index contributed by atoms with van der Waals surface area (Å²) in [6, 6.07) is 10.2. The molecule has 2 saturated heterocycles. The molecule has 2 fully saturated rings. The number of aliphatic hydroxyl groups excluding tert-OH is 1. The van der Waals surface area contributed by atoms with Crippen LogP contribution in [0.3, 0.4) is 0 Å². The van der Waals surface area contributed by atoms with Crippen LogP contribution in [0, 0.1) is 0 Å². The molecule has 6 heteroatoms. The van der Waals surface area contributed by atoms with Crippen LogP contribution in [-0.2, 0) is 6.54 Å². The van der Waals surface area contributed by atoms with Gasteiger partial charge in [0.15, 0.2) is 11.5 Å². The number of methoxy groups -OCH3 is 1. The minimum absolute atomic E-state index is 0.283. The molecule has 2 aromatic rings. The Kier molecular flexibility index (Phi) is 6.64. The number of aromatic nitrogens is 1. The first-order valence-corrected chi connectivity index (χ1v) is 10.5. The van der Waals surface area contributed by atoms with Crippen LogP contribution >= 0.6 is 0 Å². The zero-order valence-electron chi connectivity index (χ0n) is 17.2. The van der Waals surface area contributed by atoms with E-state index in [4.69, 9.17) is 9.47 Å². The lowest BCUT2D eigenvalue weighted by Gasteiger charge is -2.39. The van der Waals surface area contributed by atoms with Crippen molar-refractivity contribution in [3.63, 3.8) is 0 Å². The number of likely N-dealkylation sites (tertiary alicyclic amines) is 2. The molecule has 2 aliphatic heterocycles. The third kappa shape index (κ3) is 5.26. The van der Waals surface area contributed by atoms with Crippen LogP contribution in [0.25, 0.3) is 0 Å². The average Bonchev–Trinajstić information content (AvgIpc) is 3.22. The van der Waals surface area contributed by atoms with E-state index in [0.717, 1.165) is 38.5 Å². The number of aliphatic hydroxyl groups is 1. The van der Waals surface area contributed by atoms with Gasteiger partial charge >= 0.3 is 0 Å². The highest BCUT2D eigenvalue weighted by Crippen LogP contribution is 2.31. The first-order chi connectivity index (χ1) is 14.2. The summed E-state index contributed by atoms with van der Waals surface area (Å²) in [6.45, 7) is 6.11.